The van der Waals surface area contributed by atoms with Crippen LogP contribution in [0.1, 0.15) is 11.1 Å². The van der Waals surface area contributed by atoms with E-state index in [1.807, 2.05) is 18.2 Å². The number of hydrogen-bond donors (Lipinski definition) is 1. The second-order valence-corrected chi connectivity index (χ2v) is 7.43. The average molecular weight is 418 g/mol. The van der Waals surface area contributed by atoms with Crippen LogP contribution in [0.2, 0.25) is 0 Å². The van der Waals surface area contributed by atoms with Crippen LogP contribution in [0.5, 0.6) is 5.75 Å². The maximum absolute atomic E-state index is 12.5. The van der Waals surface area contributed by atoms with Gasteiger partial charge in [0.1, 0.15) is 11.3 Å². The molecule has 3 aromatic rings. The van der Waals surface area contributed by atoms with E-state index in [4.69, 9.17) is 0 Å². The molecular weight excluding hydrogens is 396 g/mol. The highest BCUT2D eigenvalue weighted by Gasteiger charge is 2.20. The lowest BCUT2D eigenvalue weighted by atomic mass is 10.1. The summed E-state index contributed by atoms with van der Waals surface area (Å²) in [4.78, 5) is 31.1. The van der Waals surface area contributed by atoms with Gasteiger partial charge in [-0.1, -0.05) is 12.1 Å². The molecule has 1 saturated heterocycles. The SMILES string of the molecule is O=C(/C=C/c1ccc([N+](=O)[O-])cc1)N1CCN(Cc2ccc(O)c3ncccc23)CC1. The molecular formula is C23H22N4O4. The molecule has 0 atom stereocenters. The summed E-state index contributed by atoms with van der Waals surface area (Å²) < 4.78 is 0. The molecule has 8 heteroatoms. The number of aromatic nitrogens is 1. The molecule has 0 aliphatic carbocycles. The van der Waals surface area contributed by atoms with Gasteiger partial charge in [-0.05, 0) is 41.5 Å². The normalized spacial score (nSPS) is 14.9. The van der Waals surface area contributed by atoms with E-state index in [1.165, 1.54) is 18.2 Å². The van der Waals surface area contributed by atoms with Crippen LogP contribution in [-0.4, -0.2) is 56.9 Å². The molecule has 0 bridgehead atoms. The summed E-state index contributed by atoms with van der Waals surface area (Å²) in [6.07, 6.45) is 4.85. The molecule has 0 spiro atoms. The molecule has 1 aliphatic heterocycles. The number of nitrogens with zero attached hydrogens (tertiary/aromatic N) is 4. The quantitative estimate of drug-likeness (QED) is 0.388. The van der Waals surface area contributed by atoms with E-state index in [1.54, 1.807) is 35.4 Å². The van der Waals surface area contributed by atoms with Crippen LogP contribution in [0.3, 0.4) is 0 Å². The molecule has 0 saturated carbocycles. The van der Waals surface area contributed by atoms with Crippen LogP contribution in [0.15, 0.2) is 60.8 Å². The van der Waals surface area contributed by atoms with Crippen molar-refractivity contribution >= 4 is 28.6 Å². The van der Waals surface area contributed by atoms with Gasteiger partial charge in [-0.15, -0.1) is 0 Å². The molecule has 1 fully saturated rings. The van der Waals surface area contributed by atoms with E-state index >= 15 is 0 Å². The van der Waals surface area contributed by atoms with Crippen LogP contribution in [0.25, 0.3) is 17.0 Å². The van der Waals surface area contributed by atoms with Crippen molar-refractivity contribution in [2.24, 2.45) is 0 Å². The summed E-state index contributed by atoms with van der Waals surface area (Å²) in [5.74, 6) is 0.104. The smallest absolute Gasteiger partial charge is 0.269 e. The maximum Gasteiger partial charge on any atom is 0.269 e. The van der Waals surface area contributed by atoms with Crippen molar-refractivity contribution in [3.63, 3.8) is 0 Å². The number of hydrogen-bond acceptors (Lipinski definition) is 6. The largest absolute Gasteiger partial charge is 0.506 e. The van der Waals surface area contributed by atoms with Crippen LogP contribution in [0.4, 0.5) is 5.69 Å². The zero-order valence-electron chi connectivity index (χ0n) is 16.8. The van der Waals surface area contributed by atoms with E-state index in [0.717, 1.165) is 36.1 Å². The second kappa shape index (κ2) is 8.93. The molecule has 2 aromatic carbocycles. The standard InChI is InChI=1S/C23H22N4O4/c28-21-9-6-18(20-2-1-11-24-23(20)21)16-25-12-14-26(15-13-25)22(29)10-5-17-3-7-19(8-4-17)27(30)31/h1-11,28H,12-16H2/b10-5+. The van der Waals surface area contributed by atoms with E-state index < -0.39 is 4.92 Å². The Kier molecular flexibility index (Phi) is 5.90. The molecule has 0 unspecified atom stereocenters. The zero-order valence-corrected chi connectivity index (χ0v) is 16.8. The fourth-order valence-electron chi connectivity index (χ4n) is 3.70. The predicted molar refractivity (Wildman–Crippen MR) is 117 cm³/mol. The number of piperazine rings is 1. The van der Waals surface area contributed by atoms with Crippen molar-refractivity contribution in [2.75, 3.05) is 26.2 Å². The van der Waals surface area contributed by atoms with Gasteiger partial charge in [0.25, 0.3) is 5.69 Å². The Morgan fingerprint density at radius 1 is 1.10 bits per heavy atom. The van der Waals surface area contributed by atoms with Crippen LogP contribution >= 0.6 is 0 Å². The predicted octanol–water partition coefficient (Wildman–Crippen LogP) is 3.21. The van der Waals surface area contributed by atoms with Crippen LogP contribution < -0.4 is 0 Å². The molecule has 158 valence electrons. The molecule has 1 N–H and O–H groups in total. The highest BCUT2D eigenvalue weighted by Crippen LogP contribution is 2.26. The summed E-state index contributed by atoms with van der Waals surface area (Å²) in [5, 5.41) is 21.7. The first-order valence-electron chi connectivity index (χ1n) is 10.0. The van der Waals surface area contributed by atoms with Crippen molar-refractivity contribution in [2.45, 2.75) is 6.54 Å². The number of carbonyl (C=O) groups is 1. The van der Waals surface area contributed by atoms with E-state index in [2.05, 4.69) is 9.88 Å². The van der Waals surface area contributed by atoms with Gasteiger partial charge in [-0.25, -0.2) is 0 Å². The number of rotatable bonds is 5. The topological polar surface area (TPSA) is 99.8 Å². The fourth-order valence-corrected chi connectivity index (χ4v) is 3.70. The lowest BCUT2D eigenvalue weighted by Gasteiger charge is -2.34. The van der Waals surface area contributed by atoms with Crippen molar-refractivity contribution in [1.82, 2.24) is 14.8 Å². The number of phenolic OH excluding ortho intramolecular Hbond substituents is 1. The van der Waals surface area contributed by atoms with Crippen molar-refractivity contribution in [3.8, 4) is 5.75 Å². The maximum atomic E-state index is 12.5. The van der Waals surface area contributed by atoms with Gasteiger partial charge in [0, 0.05) is 62.5 Å². The Morgan fingerprint density at radius 2 is 1.84 bits per heavy atom. The van der Waals surface area contributed by atoms with E-state index in [0.29, 0.717) is 18.6 Å². The van der Waals surface area contributed by atoms with Gasteiger partial charge in [-0.2, -0.15) is 0 Å². The highest BCUT2D eigenvalue weighted by molar-refractivity contribution is 5.92. The van der Waals surface area contributed by atoms with Gasteiger partial charge >= 0.3 is 0 Å². The number of nitro benzene ring substituents is 1. The van der Waals surface area contributed by atoms with Gasteiger partial charge < -0.3 is 10.0 Å². The van der Waals surface area contributed by atoms with Crippen molar-refractivity contribution < 1.29 is 14.8 Å². The lowest BCUT2D eigenvalue weighted by Crippen LogP contribution is -2.47. The summed E-state index contributed by atoms with van der Waals surface area (Å²) in [5.41, 5.74) is 2.46. The van der Waals surface area contributed by atoms with Gasteiger partial charge in [0.2, 0.25) is 5.91 Å². The molecule has 31 heavy (non-hydrogen) atoms. The lowest BCUT2D eigenvalue weighted by molar-refractivity contribution is -0.384. The minimum atomic E-state index is -0.449. The zero-order chi connectivity index (χ0) is 21.8. The third kappa shape index (κ3) is 4.70. The fraction of sp³-hybridized carbons (Fsp3) is 0.217. The Balaban J connectivity index is 1.34. The summed E-state index contributed by atoms with van der Waals surface area (Å²) in [6, 6.07) is 13.5. The monoisotopic (exact) mass is 418 g/mol. The number of phenols is 1. The highest BCUT2D eigenvalue weighted by atomic mass is 16.6. The van der Waals surface area contributed by atoms with Crippen LogP contribution in [0, 0.1) is 10.1 Å². The van der Waals surface area contributed by atoms with Crippen molar-refractivity contribution in [3.05, 3.63) is 82.0 Å². The first kappa shape index (κ1) is 20.5. The summed E-state index contributed by atoms with van der Waals surface area (Å²) in [7, 11) is 0. The Morgan fingerprint density at radius 3 is 2.55 bits per heavy atom. The molecule has 8 nitrogen and oxygen atoms in total. The molecule has 2 heterocycles. The molecule has 4 rings (SSSR count). The number of pyridine rings is 1. The Labute approximate surface area is 179 Å². The number of aromatic hydroxyl groups is 1. The number of amides is 1. The number of carbonyl (C=O) groups excluding carboxylic acids is 1. The number of benzene rings is 2. The Hall–Kier alpha value is -3.78. The van der Waals surface area contributed by atoms with E-state index in [-0.39, 0.29) is 17.3 Å². The van der Waals surface area contributed by atoms with Crippen LogP contribution in [-0.2, 0) is 11.3 Å². The Bertz CT molecular complexity index is 1140. The number of nitro groups is 1. The second-order valence-electron chi connectivity index (χ2n) is 7.43. The first-order valence-corrected chi connectivity index (χ1v) is 10.0. The van der Waals surface area contributed by atoms with Gasteiger partial charge in [-0.3, -0.25) is 24.8 Å². The number of fused-ring (bicyclic) bond motifs is 1. The van der Waals surface area contributed by atoms with Gasteiger partial charge in [0.15, 0.2) is 0 Å². The minimum absolute atomic E-state index is 0.0248. The molecule has 1 aromatic heterocycles. The number of non-ortho nitro benzene ring substituents is 1. The third-order valence-corrected chi connectivity index (χ3v) is 5.44. The van der Waals surface area contributed by atoms with E-state index in [9.17, 15) is 20.0 Å². The molecule has 1 amide bonds. The van der Waals surface area contributed by atoms with Crippen molar-refractivity contribution in [1.29, 1.82) is 0 Å². The summed E-state index contributed by atoms with van der Waals surface area (Å²) in [6.45, 7) is 3.47. The first-order chi connectivity index (χ1) is 15.0. The molecule has 1 aliphatic rings. The third-order valence-electron chi connectivity index (χ3n) is 5.44. The summed E-state index contributed by atoms with van der Waals surface area (Å²) >= 11 is 0. The van der Waals surface area contributed by atoms with Gasteiger partial charge in [0.05, 0.1) is 4.92 Å². The molecule has 0 radical (unpaired) electrons. The average Bonchev–Trinajstić information content (AvgIpc) is 2.80. The minimum Gasteiger partial charge on any atom is -0.506 e.